The summed E-state index contributed by atoms with van der Waals surface area (Å²) in [5.74, 6) is -4.70. The molecule has 3 saturated heterocycles. The van der Waals surface area contributed by atoms with Crippen molar-refractivity contribution in [1.29, 1.82) is 0 Å². The average molecular weight is 1200 g/mol. The Morgan fingerprint density at radius 3 is 1.20 bits per heavy atom. The first-order chi connectivity index (χ1) is 41.9. The maximum Gasteiger partial charge on any atom is 0.313 e. The van der Waals surface area contributed by atoms with E-state index in [4.69, 9.17) is 18.6 Å². The normalized spacial score (nSPS) is 18.6. The number of alkyl halides is 1. The summed E-state index contributed by atoms with van der Waals surface area (Å²) in [6.07, 6.45) is 19.3. The standard InChI is InChI=1S/2C20H23N5O3.C12H18N2.C9H9N3O3.CH3F/c2*1-12-3-4-17(14-5-6-23-13(2)7-14)25(11-12)20(28)19(27)24-16-8-15(18(21)26)9-22-10-16;1-9-3-4-12(14-8-9)11-5-6-13-10(2)7-11;1-5(13)9(15)12-7-2-6(8(10)14)3-11-4-7;1-2/h2*5-10,12,17H,3-4,11H2,1-2H3,(H2,21,26)(H,24,27);5-7,9,12,14H,3-4,8H2,1-2H3;2-4H,1H3,(H2,10,14)(H,12,15);1H3/t2*12-,17+;9-,12+;;/m101../s1/i;;;;1D. The van der Waals surface area contributed by atoms with Crippen LogP contribution in [0.4, 0.5) is 21.5 Å². The fraction of sp³-hybridized carbons (Fsp3) is 0.371. The Balaban J connectivity index is 0.000000220. The van der Waals surface area contributed by atoms with Gasteiger partial charge in [0.25, 0.3) is 5.91 Å². The molecule has 0 saturated carbocycles. The molecule has 0 bridgehead atoms. The summed E-state index contributed by atoms with van der Waals surface area (Å²) in [5, 5.41) is 10.9. The molecule has 9 rings (SSSR count). The van der Waals surface area contributed by atoms with E-state index in [1.165, 1.54) is 73.8 Å². The summed E-state index contributed by atoms with van der Waals surface area (Å²) >= 11 is 0. The molecule has 10 N–H and O–H groups in total. The summed E-state index contributed by atoms with van der Waals surface area (Å²) in [6.45, 7) is 15.6. The molecule has 0 radical (unpaired) electrons. The molecule has 460 valence electrons. The van der Waals surface area contributed by atoms with Gasteiger partial charge in [-0.15, -0.1) is 0 Å². The Hall–Kier alpha value is -9.78. The number of Topliss-reactive ketones (excluding diaryl/α,β-unsaturated/α-hetero) is 1. The monoisotopic (exact) mass is 1190 g/mol. The highest BCUT2D eigenvalue weighted by Crippen LogP contribution is 2.35. The first kappa shape index (κ1) is 66.4. The molecule has 9 heterocycles. The van der Waals surface area contributed by atoms with Crippen molar-refractivity contribution in [2.24, 2.45) is 35.0 Å². The van der Waals surface area contributed by atoms with E-state index < -0.39 is 60.2 Å². The van der Waals surface area contributed by atoms with Crippen LogP contribution in [0.1, 0.15) is 151 Å². The van der Waals surface area contributed by atoms with Gasteiger partial charge in [-0.1, -0.05) is 20.8 Å². The third-order valence-electron chi connectivity index (χ3n) is 14.3. The van der Waals surface area contributed by atoms with Crippen LogP contribution in [0.15, 0.2) is 110 Å². The van der Waals surface area contributed by atoms with E-state index in [1.54, 1.807) is 22.2 Å². The number of nitrogens with two attached hydrogens (primary N) is 3. The Kier molecular flexibility index (Phi) is 25.2. The van der Waals surface area contributed by atoms with Crippen LogP contribution < -0.4 is 38.5 Å². The third kappa shape index (κ3) is 20.8. The summed E-state index contributed by atoms with van der Waals surface area (Å²) in [6, 6.07) is 16.3. The second-order valence-corrected chi connectivity index (χ2v) is 21.5. The van der Waals surface area contributed by atoms with E-state index in [9.17, 15) is 47.5 Å². The number of pyridine rings is 6. The lowest BCUT2D eigenvalue weighted by Gasteiger charge is -2.38. The van der Waals surface area contributed by atoms with E-state index in [2.05, 4.69) is 91.0 Å². The SMILES string of the molecule is CC(=O)C(=O)Nc1cncc(C(N)=O)c1.Cc1cc([C@@H]2CC[C@@H](C)CN2)ccn1.Cc1cc([C@@H]2CC[C@@H](C)CN2C(=O)C(=O)Nc2cncc(C(N)=O)c2)ccn1.Cc1cc([C@H]2CC[C@H](C)CN2C(=O)C(=O)Nc2cncc(C(N)=O)c2)ccn1.[2H]CF. The van der Waals surface area contributed by atoms with E-state index in [-0.39, 0.29) is 45.8 Å². The smallest absolute Gasteiger partial charge is 0.313 e. The molecule has 0 aromatic carbocycles. The van der Waals surface area contributed by atoms with E-state index in [1.807, 2.05) is 44.3 Å². The predicted octanol–water partition coefficient (Wildman–Crippen LogP) is 6.39. The molecule has 3 aliphatic heterocycles. The number of primary amides is 3. The van der Waals surface area contributed by atoms with E-state index >= 15 is 0 Å². The maximum absolute atomic E-state index is 12.9. The van der Waals surface area contributed by atoms with Gasteiger partial charge in [-0.3, -0.25) is 77.4 Å². The number of halogens is 1. The maximum atomic E-state index is 12.9. The molecule has 0 aliphatic carbocycles. The van der Waals surface area contributed by atoms with Crippen LogP contribution in [0.3, 0.4) is 0 Å². The fourth-order valence-corrected chi connectivity index (χ4v) is 9.84. The van der Waals surface area contributed by atoms with Crippen molar-refractivity contribution in [1.82, 2.24) is 45.0 Å². The van der Waals surface area contributed by atoms with Gasteiger partial charge < -0.3 is 48.3 Å². The van der Waals surface area contributed by atoms with Crippen LogP contribution in [-0.4, -0.2) is 120 Å². The first-order valence-corrected chi connectivity index (χ1v) is 28.0. The Morgan fingerprint density at radius 1 is 0.517 bits per heavy atom. The highest BCUT2D eigenvalue weighted by atomic mass is 19.1. The van der Waals surface area contributed by atoms with E-state index in [0.717, 1.165) is 73.3 Å². The van der Waals surface area contributed by atoms with Gasteiger partial charge in [0.05, 0.1) is 73.0 Å². The van der Waals surface area contributed by atoms with Crippen LogP contribution in [0, 0.1) is 38.5 Å². The molecule has 0 spiro atoms. The van der Waals surface area contributed by atoms with Crippen LogP contribution in [0.2, 0.25) is 0 Å². The minimum absolute atomic E-state index is 0.155. The minimum atomic E-state index is -1.00. The lowest BCUT2D eigenvalue weighted by atomic mass is 9.90. The van der Waals surface area contributed by atoms with Crippen molar-refractivity contribution < 1.29 is 48.9 Å². The molecule has 0 unspecified atom stereocenters. The average Bonchev–Trinajstić information content (AvgIpc) is 1.68. The number of hydrogen-bond acceptors (Lipinski definition) is 16. The number of aryl methyl sites for hydroxylation is 3. The van der Waals surface area contributed by atoms with Gasteiger partial charge >= 0.3 is 23.6 Å². The lowest BCUT2D eigenvalue weighted by molar-refractivity contribution is -0.146. The van der Waals surface area contributed by atoms with Crippen molar-refractivity contribution >= 4 is 70.1 Å². The summed E-state index contributed by atoms with van der Waals surface area (Å²) in [4.78, 5) is 133. The molecule has 6 atom stereocenters. The van der Waals surface area contributed by atoms with Gasteiger partial charge in [-0.25, -0.2) is 0 Å². The molecule has 24 nitrogen and oxygen atoms in total. The van der Waals surface area contributed by atoms with Crippen LogP contribution in [0.25, 0.3) is 0 Å². The van der Waals surface area contributed by atoms with Gasteiger partial charge in [-0.2, -0.15) is 0 Å². The molecule has 87 heavy (non-hydrogen) atoms. The number of carbonyl (C=O) groups excluding carboxylic acids is 9. The van der Waals surface area contributed by atoms with Crippen molar-refractivity contribution in [3.05, 3.63) is 161 Å². The summed E-state index contributed by atoms with van der Waals surface area (Å²) in [7, 11) is -1.00. The Labute approximate surface area is 505 Å². The number of hydrogen-bond donors (Lipinski definition) is 7. The minimum Gasteiger partial charge on any atom is -0.366 e. The predicted molar refractivity (Wildman–Crippen MR) is 324 cm³/mol. The quantitative estimate of drug-likeness (QED) is 0.0731. The van der Waals surface area contributed by atoms with Crippen LogP contribution >= 0.6 is 0 Å². The van der Waals surface area contributed by atoms with Gasteiger partial charge in [-0.05, 0) is 155 Å². The van der Waals surface area contributed by atoms with Gasteiger partial charge in [0.15, 0.2) is 0 Å². The number of rotatable bonds is 10. The molecule has 25 heteroatoms. The van der Waals surface area contributed by atoms with Gasteiger partial charge in [0.1, 0.15) is 0 Å². The summed E-state index contributed by atoms with van der Waals surface area (Å²) in [5.41, 5.74) is 22.9. The second-order valence-electron chi connectivity index (χ2n) is 21.5. The van der Waals surface area contributed by atoms with Gasteiger partial charge in [0.2, 0.25) is 23.5 Å². The molecule has 3 aliphatic rings. The topological polar surface area (TPSA) is 364 Å². The highest BCUT2D eigenvalue weighted by Gasteiger charge is 2.36. The van der Waals surface area contributed by atoms with Crippen molar-refractivity contribution in [2.45, 2.75) is 105 Å². The zero-order valence-corrected chi connectivity index (χ0v) is 49.8. The molecule has 3 fully saturated rings. The van der Waals surface area contributed by atoms with Crippen molar-refractivity contribution in [3.63, 3.8) is 0 Å². The fourth-order valence-electron chi connectivity index (χ4n) is 9.84. The molecule has 8 amide bonds. The number of carbonyl (C=O) groups is 9. The highest BCUT2D eigenvalue weighted by molar-refractivity contribution is 6.40. The number of anilines is 3. The Bertz CT molecular complexity index is 3290. The van der Waals surface area contributed by atoms with Gasteiger partial charge in [0, 0.05) is 80.3 Å². The second kappa shape index (κ2) is 33.1. The third-order valence-corrected chi connectivity index (χ3v) is 14.3. The number of aromatic nitrogens is 6. The number of piperidine rings is 3. The first-order valence-electron chi connectivity index (χ1n) is 28.7. The molecular formula is C62H76FN15O9. The Morgan fingerprint density at radius 2 is 0.862 bits per heavy atom. The molecule has 6 aromatic heterocycles. The number of ketones is 1. The van der Waals surface area contributed by atoms with Crippen molar-refractivity contribution in [3.8, 4) is 0 Å². The number of nitrogens with one attached hydrogen (secondary N) is 4. The van der Waals surface area contributed by atoms with Crippen LogP contribution in [0.5, 0.6) is 0 Å². The van der Waals surface area contributed by atoms with E-state index in [0.29, 0.717) is 31.0 Å². The lowest BCUT2D eigenvalue weighted by Crippen LogP contribution is -2.46. The zero-order valence-electron chi connectivity index (χ0n) is 50.8. The van der Waals surface area contributed by atoms with Crippen LogP contribution in [-0.2, 0) is 28.8 Å². The number of amides is 8. The number of nitrogens with zero attached hydrogens (tertiary/aromatic N) is 8. The summed E-state index contributed by atoms with van der Waals surface area (Å²) < 4.78 is 15.5. The zero-order chi connectivity index (χ0) is 64.6. The van der Waals surface area contributed by atoms with Crippen molar-refractivity contribution in [2.75, 3.05) is 42.7 Å². The number of likely N-dealkylation sites (tertiary alicyclic amines) is 2. The molecular weight excluding hydrogens is 1120 g/mol. The molecule has 6 aromatic rings. The largest absolute Gasteiger partial charge is 0.366 e.